The molecule has 102 valence electrons. The van der Waals surface area contributed by atoms with Crippen LogP contribution in [0.4, 0.5) is 11.4 Å². The Morgan fingerprint density at radius 1 is 1.00 bits per heavy atom. The average Bonchev–Trinajstić information content (AvgIpc) is 2.47. The molecule has 0 unspecified atom stereocenters. The first kappa shape index (κ1) is 13.2. The lowest BCUT2D eigenvalue weighted by atomic mass is 9.73. The molecule has 3 rings (SSSR count). The van der Waals surface area contributed by atoms with Gasteiger partial charge in [0, 0.05) is 5.41 Å². The van der Waals surface area contributed by atoms with E-state index < -0.39 is 0 Å². The summed E-state index contributed by atoms with van der Waals surface area (Å²) in [5, 5.41) is 0. The predicted molar refractivity (Wildman–Crippen MR) is 82.9 cm³/mol. The van der Waals surface area contributed by atoms with Crippen LogP contribution in [-0.4, -0.2) is 11.8 Å². The van der Waals surface area contributed by atoms with Gasteiger partial charge in [0.05, 0.1) is 11.4 Å². The zero-order chi connectivity index (χ0) is 14.3. The lowest BCUT2D eigenvalue weighted by molar-refractivity contribution is -0.115. The summed E-state index contributed by atoms with van der Waals surface area (Å²) in [7, 11) is 0. The number of amides is 1. The quantitative estimate of drug-likeness (QED) is 0.718. The summed E-state index contributed by atoms with van der Waals surface area (Å²) in [6.07, 6.45) is 0. The highest BCUT2D eigenvalue weighted by molar-refractivity contribution is 6.30. The van der Waals surface area contributed by atoms with E-state index in [-0.39, 0.29) is 17.2 Å². The van der Waals surface area contributed by atoms with E-state index in [4.69, 9.17) is 11.6 Å². The molecule has 0 bridgehead atoms. The molecule has 0 saturated heterocycles. The Hall–Kier alpha value is -1.80. The minimum Gasteiger partial charge on any atom is -0.279 e. The molecular weight excluding hydrogens is 270 g/mol. The first-order chi connectivity index (χ1) is 9.57. The molecule has 0 aromatic heterocycles. The number of fused-ring (bicyclic) bond motifs is 2. The van der Waals surface area contributed by atoms with Crippen LogP contribution in [-0.2, 0) is 10.2 Å². The summed E-state index contributed by atoms with van der Waals surface area (Å²) in [6, 6.07) is 16.1. The summed E-state index contributed by atoms with van der Waals surface area (Å²) in [6.45, 7) is 4.38. The number of hydrogen-bond acceptors (Lipinski definition) is 1. The summed E-state index contributed by atoms with van der Waals surface area (Å²) in [5.74, 6) is -0.120. The number of carbonyl (C=O) groups excluding carboxylic acids is 1. The van der Waals surface area contributed by atoms with Gasteiger partial charge in [-0.25, -0.2) is 0 Å². The monoisotopic (exact) mass is 285 g/mol. The Balaban J connectivity index is 2.33. The zero-order valence-electron chi connectivity index (χ0n) is 11.6. The number of para-hydroxylation sites is 2. The van der Waals surface area contributed by atoms with Crippen LogP contribution < -0.4 is 4.90 Å². The Labute approximate surface area is 124 Å². The molecule has 0 radical (unpaired) electrons. The summed E-state index contributed by atoms with van der Waals surface area (Å²) in [5.41, 5.74) is 4.04. The van der Waals surface area contributed by atoms with Crippen LogP contribution in [0.1, 0.15) is 25.0 Å². The highest BCUT2D eigenvalue weighted by Gasteiger charge is 2.37. The van der Waals surface area contributed by atoms with Crippen molar-refractivity contribution in [1.29, 1.82) is 0 Å². The molecule has 0 fully saturated rings. The fourth-order valence-corrected chi connectivity index (χ4v) is 3.12. The lowest BCUT2D eigenvalue weighted by Crippen LogP contribution is -2.37. The average molecular weight is 286 g/mol. The molecule has 1 amide bonds. The van der Waals surface area contributed by atoms with E-state index in [0.29, 0.717) is 0 Å². The van der Waals surface area contributed by atoms with Gasteiger partial charge in [0.2, 0.25) is 5.91 Å². The first-order valence-electron chi connectivity index (χ1n) is 6.65. The molecule has 2 nitrogen and oxygen atoms in total. The van der Waals surface area contributed by atoms with Gasteiger partial charge >= 0.3 is 0 Å². The Bertz CT molecular complexity index is 629. The fourth-order valence-electron chi connectivity index (χ4n) is 3.00. The van der Waals surface area contributed by atoms with Crippen molar-refractivity contribution in [1.82, 2.24) is 0 Å². The Morgan fingerprint density at radius 3 is 1.90 bits per heavy atom. The van der Waals surface area contributed by atoms with Gasteiger partial charge in [-0.1, -0.05) is 50.2 Å². The Morgan fingerprint density at radius 2 is 1.45 bits per heavy atom. The van der Waals surface area contributed by atoms with Crippen molar-refractivity contribution in [3.05, 3.63) is 59.7 Å². The highest BCUT2D eigenvalue weighted by atomic mass is 35.5. The van der Waals surface area contributed by atoms with Crippen LogP contribution in [0.15, 0.2) is 48.5 Å². The van der Waals surface area contributed by atoms with Crippen molar-refractivity contribution in [2.75, 3.05) is 10.8 Å². The van der Waals surface area contributed by atoms with Crippen LogP contribution in [0.3, 0.4) is 0 Å². The molecule has 0 atom stereocenters. The number of rotatable bonds is 1. The fraction of sp³-hybridized carbons (Fsp3) is 0.235. The summed E-state index contributed by atoms with van der Waals surface area (Å²) in [4.78, 5) is 14.0. The number of anilines is 2. The molecule has 3 heteroatoms. The van der Waals surface area contributed by atoms with Crippen molar-refractivity contribution in [2.24, 2.45) is 0 Å². The second kappa shape index (κ2) is 4.64. The zero-order valence-corrected chi connectivity index (χ0v) is 12.3. The van der Waals surface area contributed by atoms with E-state index in [9.17, 15) is 4.79 Å². The van der Waals surface area contributed by atoms with E-state index >= 15 is 0 Å². The maximum absolute atomic E-state index is 12.3. The maximum Gasteiger partial charge on any atom is 0.246 e. The summed E-state index contributed by atoms with van der Waals surface area (Å²) >= 11 is 5.80. The molecule has 1 heterocycles. The van der Waals surface area contributed by atoms with Gasteiger partial charge in [0.1, 0.15) is 5.88 Å². The summed E-state index contributed by atoms with van der Waals surface area (Å²) < 4.78 is 0. The van der Waals surface area contributed by atoms with Gasteiger partial charge in [-0.05, 0) is 23.3 Å². The van der Waals surface area contributed by atoms with Crippen LogP contribution >= 0.6 is 11.6 Å². The molecule has 0 saturated carbocycles. The van der Waals surface area contributed by atoms with Gasteiger partial charge in [0.15, 0.2) is 0 Å². The number of benzene rings is 2. The molecule has 0 aliphatic carbocycles. The number of hydrogen-bond donors (Lipinski definition) is 0. The SMILES string of the molecule is CC1(C)c2ccccc2N(C(=O)CCl)c2ccccc21. The molecular formula is C17H16ClNO. The largest absolute Gasteiger partial charge is 0.279 e. The van der Waals surface area contributed by atoms with E-state index in [0.717, 1.165) is 22.5 Å². The van der Waals surface area contributed by atoms with Crippen molar-refractivity contribution < 1.29 is 4.79 Å². The third kappa shape index (κ3) is 1.75. The van der Waals surface area contributed by atoms with Crippen molar-refractivity contribution in [3.8, 4) is 0 Å². The van der Waals surface area contributed by atoms with Crippen LogP contribution in [0.2, 0.25) is 0 Å². The second-order valence-electron chi connectivity index (χ2n) is 5.52. The minimum absolute atomic E-state index is 0.0247. The van der Waals surface area contributed by atoms with Crippen LogP contribution in [0.5, 0.6) is 0 Å². The van der Waals surface area contributed by atoms with Crippen molar-refractivity contribution in [2.45, 2.75) is 19.3 Å². The predicted octanol–water partition coefficient (Wildman–Crippen LogP) is 4.23. The second-order valence-corrected chi connectivity index (χ2v) is 5.79. The van der Waals surface area contributed by atoms with Crippen molar-refractivity contribution >= 4 is 28.9 Å². The number of carbonyl (C=O) groups is 1. The smallest absolute Gasteiger partial charge is 0.246 e. The van der Waals surface area contributed by atoms with Gasteiger partial charge in [0.25, 0.3) is 0 Å². The third-order valence-electron chi connectivity index (χ3n) is 4.00. The standard InChI is InChI=1S/C17H16ClNO/c1-17(2)12-7-3-5-9-14(12)19(16(20)11-18)15-10-6-4-8-13(15)17/h3-10H,11H2,1-2H3. The molecule has 2 aromatic carbocycles. The lowest BCUT2D eigenvalue weighted by Gasteiger charge is -2.40. The number of halogens is 1. The van der Waals surface area contributed by atoms with E-state index in [1.165, 1.54) is 0 Å². The highest BCUT2D eigenvalue weighted by Crippen LogP contribution is 2.48. The Kier molecular flexibility index (Phi) is 3.06. The van der Waals surface area contributed by atoms with Crippen LogP contribution in [0.25, 0.3) is 0 Å². The third-order valence-corrected chi connectivity index (χ3v) is 4.23. The van der Waals surface area contributed by atoms with Gasteiger partial charge in [-0.2, -0.15) is 0 Å². The first-order valence-corrected chi connectivity index (χ1v) is 7.18. The molecule has 0 N–H and O–H groups in total. The van der Waals surface area contributed by atoms with E-state index in [2.05, 4.69) is 26.0 Å². The normalized spacial score (nSPS) is 15.4. The van der Waals surface area contributed by atoms with E-state index in [1.807, 2.05) is 36.4 Å². The minimum atomic E-state index is -0.129. The molecule has 1 aliphatic heterocycles. The van der Waals surface area contributed by atoms with Crippen LogP contribution in [0, 0.1) is 0 Å². The number of alkyl halides is 1. The van der Waals surface area contributed by atoms with Gasteiger partial charge < -0.3 is 0 Å². The maximum atomic E-state index is 12.3. The topological polar surface area (TPSA) is 20.3 Å². The molecule has 20 heavy (non-hydrogen) atoms. The molecule has 1 aliphatic rings. The van der Waals surface area contributed by atoms with Crippen molar-refractivity contribution in [3.63, 3.8) is 0 Å². The van der Waals surface area contributed by atoms with Gasteiger partial charge in [-0.15, -0.1) is 11.6 Å². The van der Waals surface area contributed by atoms with E-state index in [1.54, 1.807) is 4.90 Å². The van der Waals surface area contributed by atoms with Gasteiger partial charge in [-0.3, -0.25) is 9.69 Å². The number of nitrogens with zero attached hydrogens (tertiary/aromatic N) is 1. The molecule has 0 spiro atoms. The molecule has 2 aromatic rings.